The molecule has 1 N–H and O–H groups in total. The van der Waals surface area contributed by atoms with Crippen molar-refractivity contribution in [3.8, 4) is 0 Å². The molecule has 0 aliphatic carbocycles. The maximum absolute atomic E-state index is 4.34. The number of piperidine rings is 1. The zero-order chi connectivity index (χ0) is 12.1. The highest BCUT2D eigenvalue weighted by Crippen LogP contribution is 2.23. The Labute approximate surface area is 105 Å². The lowest BCUT2D eigenvalue weighted by Gasteiger charge is -2.25. The summed E-state index contributed by atoms with van der Waals surface area (Å²) >= 11 is 0. The Hall–Kier alpha value is -0.830. The summed E-state index contributed by atoms with van der Waals surface area (Å²) in [5, 5.41) is 3.61. The average molecular weight is 235 g/mol. The fraction of sp³-hybridized carbons (Fsp3) is 0.786. The van der Waals surface area contributed by atoms with Crippen LogP contribution in [0.5, 0.6) is 0 Å². The Morgan fingerprint density at radius 3 is 2.88 bits per heavy atom. The molecule has 0 spiro atoms. The Morgan fingerprint density at radius 2 is 2.24 bits per heavy atom. The second-order valence-corrected chi connectivity index (χ2v) is 5.16. The zero-order valence-corrected chi connectivity index (χ0v) is 11.2. The molecule has 2 heterocycles. The molecule has 1 saturated heterocycles. The predicted octanol–water partition coefficient (Wildman–Crippen LogP) is 3.13. The lowest BCUT2D eigenvalue weighted by atomic mass is 10.0. The van der Waals surface area contributed by atoms with Crippen molar-refractivity contribution in [2.75, 3.05) is 6.54 Å². The molecule has 1 atom stereocenters. The van der Waals surface area contributed by atoms with E-state index in [4.69, 9.17) is 0 Å². The smallest absolute Gasteiger partial charge is 0.0948 e. The molecule has 17 heavy (non-hydrogen) atoms. The standard InChI is InChI=1S/C14H25N3/c1-3-12(4-2)10-17-11-15-9-14(17)13-7-5-6-8-16-13/h9,11-13,16H,3-8,10H2,1-2H3. The summed E-state index contributed by atoms with van der Waals surface area (Å²) in [5.74, 6) is 0.784. The summed E-state index contributed by atoms with van der Waals surface area (Å²) in [4.78, 5) is 4.34. The number of aromatic nitrogens is 2. The van der Waals surface area contributed by atoms with Crippen LogP contribution in [0.1, 0.15) is 57.7 Å². The lowest BCUT2D eigenvalue weighted by molar-refractivity contribution is 0.366. The quantitative estimate of drug-likeness (QED) is 0.849. The van der Waals surface area contributed by atoms with Gasteiger partial charge in [0.25, 0.3) is 0 Å². The fourth-order valence-corrected chi connectivity index (χ4v) is 2.70. The van der Waals surface area contributed by atoms with Gasteiger partial charge in [-0.25, -0.2) is 4.98 Å². The number of nitrogens with zero attached hydrogens (tertiary/aromatic N) is 2. The predicted molar refractivity (Wildman–Crippen MR) is 70.9 cm³/mol. The van der Waals surface area contributed by atoms with Crippen LogP contribution in [0.25, 0.3) is 0 Å². The fourth-order valence-electron chi connectivity index (χ4n) is 2.70. The van der Waals surface area contributed by atoms with Gasteiger partial charge in [-0.05, 0) is 25.3 Å². The SMILES string of the molecule is CCC(CC)Cn1cncc1C1CCCCN1. The maximum atomic E-state index is 4.34. The first-order valence-electron chi connectivity index (χ1n) is 7.08. The van der Waals surface area contributed by atoms with Crippen LogP contribution in [-0.2, 0) is 6.54 Å². The van der Waals surface area contributed by atoms with Gasteiger partial charge in [0.05, 0.1) is 12.0 Å². The normalized spacial score (nSPS) is 21.0. The minimum absolute atomic E-state index is 0.528. The topological polar surface area (TPSA) is 29.9 Å². The van der Waals surface area contributed by atoms with E-state index in [0.717, 1.165) is 19.0 Å². The maximum Gasteiger partial charge on any atom is 0.0948 e. The van der Waals surface area contributed by atoms with Crippen molar-refractivity contribution < 1.29 is 0 Å². The van der Waals surface area contributed by atoms with Crippen molar-refractivity contribution in [3.63, 3.8) is 0 Å². The molecule has 1 unspecified atom stereocenters. The summed E-state index contributed by atoms with van der Waals surface area (Å²) in [5.41, 5.74) is 1.39. The van der Waals surface area contributed by atoms with Gasteiger partial charge in [-0.1, -0.05) is 33.1 Å². The molecular weight excluding hydrogens is 210 g/mol. The summed E-state index contributed by atoms with van der Waals surface area (Å²) < 4.78 is 2.36. The molecule has 0 radical (unpaired) electrons. The van der Waals surface area contributed by atoms with E-state index in [0.29, 0.717) is 6.04 Å². The van der Waals surface area contributed by atoms with Gasteiger partial charge >= 0.3 is 0 Å². The van der Waals surface area contributed by atoms with Crippen LogP contribution in [0.4, 0.5) is 0 Å². The number of hydrogen-bond acceptors (Lipinski definition) is 2. The lowest BCUT2D eigenvalue weighted by Crippen LogP contribution is -2.29. The molecular formula is C14H25N3. The molecule has 3 nitrogen and oxygen atoms in total. The van der Waals surface area contributed by atoms with Gasteiger partial charge in [0.1, 0.15) is 0 Å². The van der Waals surface area contributed by atoms with Crippen LogP contribution >= 0.6 is 0 Å². The van der Waals surface area contributed by atoms with Crippen LogP contribution in [-0.4, -0.2) is 16.1 Å². The van der Waals surface area contributed by atoms with Gasteiger partial charge in [-0.15, -0.1) is 0 Å². The van der Waals surface area contributed by atoms with E-state index in [9.17, 15) is 0 Å². The molecule has 1 fully saturated rings. The first-order valence-corrected chi connectivity index (χ1v) is 7.08. The molecule has 2 rings (SSSR count). The molecule has 0 amide bonds. The third-order valence-electron chi connectivity index (χ3n) is 4.02. The summed E-state index contributed by atoms with van der Waals surface area (Å²) in [6, 6.07) is 0.528. The second-order valence-electron chi connectivity index (χ2n) is 5.16. The third-order valence-corrected chi connectivity index (χ3v) is 4.02. The number of rotatable bonds is 5. The molecule has 0 bridgehead atoms. The Balaban J connectivity index is 2.04. The van der Waals surface area contributed by atoms with Gasteiger partial charge in [0, 0.05) is 18.8 Å². The molecule has 96 valence electrons. The Morgan fingerprint density at radius 1 is 1.41 bits per heavy atom. The largest absolute Gasteiger partial charge is 0.333 e. The van der Waals surface area contributed by atoms with Crippen LogP contribution in [0, 0.1) is 5.92 Å². The van der Waals surface area contributed by atoms with E-state index in [-0.39, 0.29) is 0 Å². The van der Waals surface area contributed by atoms with E-state index in [1.165, 1.54) is 37.8 Å². The van der Waals surface area contributed by atoms with Crippen LogP contribution in [0.15, 0.2) is 12.5 Å². The highest BCUT2D eigenvalue weighted by molar-refractivity contribution is 5.06. The van der Waals surface area contributed by atoms with E-state index in [1.807, 2.05) is 12.5 Å². The molecule has 1 aliphatic heterocycles. The highest BCUT2D eigenvalue weighted by Gasteiger charge is 2.19. The van der Waals surface area contributed by atoms with Crippen molar-refractivity contribution >= 4 is 0 Å². The van der Waals surface area contributed by atoms with Crippen LogP contribution in [0.3, 0.4) is 0 Å². The van der Waals surface area contributed by atoms with Gasteiger partial charge < -0.3 is 9.88 Å². The van der Waals surface area contributed by atoms with Crippen molar-refractivity contribution in [2.45, 2.75) is 58.5 Å². The van der Waals surface area contributed by atoms with E-state index >= 15 is 0 Å². The van der Waals surface area contributed by atoms with Crippen molar-refractivity contribution in [1.29, 1.82) is 0 Å². The van der Waals surface area contributed by atoms with E-state index < -0.39 is 0 Å². The monoisotopic (exact) mass is 235 g/mol. The van der Waals surface area contributed by atoms with Gasteiger partial charge in [-0.2, -0.15) is 0 Å². The minimum Gasteiger partial charge on any atom is -0.333 e. The second kappa shape index (κ2) is 6.20. The molecule has 1 aliphatic rings. The van der Waals surface area contributed by atoms with Crippen LogP contribution < -0.4 is 5.32 Å². The number of imidazole rings is 1. The van der Waals surface area contributed by atoms with Gasteiger partial charge in [-0.3, -0.25) is 0 Å². The summed E-state index contributed by atoms with van der Waals surface area (Å²) in [6.45, 7) is 6.84. The molecule has 1 aromatic rings. The molecule has 1 aromatic heterocycles. The van der Waals surface area contributed by atoms with Crippen molar-refractivity contribution in [1.82, 2.24) is 14.9 Å². The summed E-state index contributed by atoms with van der Waals surface area (Å²) in [7, 11) is 0. The van der Waals surface area contributed by atoms with Crippen molar-refractivity contribution in [2.24, 2.45) is 5.92 Å². The van der Waals surface area contributed by atoms with Crippen LogP contribution in [0.2, 0.25) is 0 Å². The van der Waals surface area contributed by atoms with E-state index in [1.54, 1.807) is 0 Å². The molecule has 0 saturated carbocycles. The third kappa shape index (κ3) is 3.09. The zero-order valence-electron chi connectivity index (χ0n) is 11.2. The van der Waals surface area contributed by atoms with Gasteiger partial charge in [0.15, 0.2) is 0 Å². The van der Waals surface area contributed by atoms with Crippen molar-refractivity contribution in [3.05, 3.63) is 18.2 Å². The number of nitrogens with one attached hydrogen (secondary N) is 1. The molecule has 3 heteroatoms. The average Bonchev–Trinajstić information content (AvgIpc) is 2.85. The summed E-state index contributed by atoms with van der Waals surface area (Å²) in [6.07, 6.45) is 10.5. The van der Waals surface area contributed by atoms with E-state index in [2.05, 4.69) is 28.7 Å². The molecule has 0 aromatic carbocycles. The number of hydrogen-bond donors (Lipinski definition) is 1. The minimum atomic E-state index is 0.528. The highest BCUT2D eigenvalue weighted by atomic mass is 15.1. The first-order chi connectivity index (χ1) is 8.35. The Kier molecular flexibility index (Phi) is 4.60. The Bertz CT molecular complexity index is 322. The van der Waals surface area contributed by atoms with Gasteiger partial charge in [0.2, 0.25) is 0 Å². The first kappa shape index (κ1) is 12.6.